The first-order valence-corrected chi connectivity index (χ1v) is 11.7. The summed E-state index contributed by atoms with van der Waals surface area (Å²) < 4.78 is 5.21. The number of unbranched alkanes of at least 4 members (excludes halogenated alkanes) is 3. The zero-order valence-corrected chi connectivity index (χ0v) is 21.0. The van der Waals surface area contributed by atoms with Gasteiger partial charge in [-0.05, 0) is 34.1 Å². The number of primary amides is 1. The van der Waals surface area contributed by atoms with E-state index in [-0.39, 0.29) is 23.8 Å². The molecule has 3 fully saturated rings. The van der Waals surface area contributed by atoms with Crippen LogP contribution in [0.3, 0.4) is 0 Å². The Balaban J connectivity index is 0.000000276. The summed E-state index contributed by atoms with van der Waals surface area (Å²) in [5, 5.41) is 7.22. The monoisotopic (exact) mass is 484 g/mol. The Morgan fingerprint density at radius 2 is 1.59 bits per heavy atom. The van der Waals surface area contributed by atoms with E-state index in [1.165, 1.54) is 17.7 Å². The highest BCUT2D eigenvalue weighted by Gasteiger charge is 2.44. The number of carbonyl (C=O) groups excluding carboxylic acids is 5. The molecule has 3 heterocycles. The molecule has 5 N–H and O–H groups in total. The summed E-state index contributed by atoms with van der Waals surface area (Å²) in [5.41, 5.74) is 3.44. The average molecular weight is 485 g/mol. The van der Waals surface area contributed by atoms with Gasteiger partial charge < -0.3 is 21.1 Å². The van der Waals surface area contributed by atoms with Gasteiger partial charge in [-0.3, -0.25) is 24.6 Å². The molecule has 3 saturated heterocycles. The smallest absolute Gasteiger partial charge is 0.326 e. The van der Waals surface area contributed by atoms with Crippen LogP contribution in [0.25, 0.3) is 0 Å². The number of hydrogen-bond donors (Lipinski definition) is 4. The Morgan fingerprint density at radius 3 is 1.97 bits per heavy atom. The molecule has 3 aliphatic rings. The number of ether oxygens (including phenoxy) is 1. The molecule has 3 aliphatic heterocycles. The van der Waals surface area contributed by atoms with E-state index in [9.17, 15) is 24.0 Å². The molecule has 0 aromatic heterocycles. The van der Waals surface area contributed by atoms with Gasteiger partial charge in [-0.2, -0.15) is 0 Å². The molecule has 0 aliphatic carbocycles. The summed E-state index contributed by atoms with van der Waals surface area (Å²) in [7, 11) is 0. The number of hydrogen-bond acceptors (Lipinski definition) is 7. The second kappa shape index (κ2) is 13.2. The van der Waals surface area contributed by atoms with Crippen LogP contribution in [0.1, 0.15) is 66.7 Å². The molecule has 0 atom stereocenters. The maximum atomic E-state index is 11.9. The number of morpholine rings is 1. The topological polar surface area (TPSA) is 163 Å². The summed E-state index contributed by atoms with van der Waals surface area (Å²) in [6.45, 7) is 12.1. The molecule has 0 bridgehead atoms. The first kappa shape index (κ1) is 29.3. The number of rotatable bonds is 7. The summed E-state index contributed by atoms with van der Waals surface area (Å²) in [5.74, 6) is -0.609. The van der Waals surface area contributed by atoms with Crippen molar-refractivity contribution in [2.75, 3.05) is 33.0 Å². The second-order valence-electron chi connectivity index (χ2n) is 9.47. The van der Waals surface area contributed by atoms with Crippen molar-refractivity contribution < 1.29 is 28.7 Å². The predicted molar refractivity (Wildman–Crippen MR) is 125 cm³/mol. The minimum Gasteiger partial charge on any atom is -0.379 e. The summed E-state index contributed by atoms with van der Waals surface area (Å²) >= 11 is 0. The van der Waals surface area contributed by atoms with Crippen molar-refractivity contribution in [2.24, 2.45) is 5.73 Å². The third-order valence-corrected chi connectivity index (χ3v) is 5.39. The molecule has 0 unspecified atom stereocenters. The zero-order valence-electron chi connectivity index (χ0n) is 21.0. The maximum absolute atomic E-state index is 11.9. The van der Waals surface area contributed by atoms with Crippen LogP contribution in [-0.4, -0.2) is 83.6 Å². The van der Waals surface area contributed by atoms with Gasteiger partial charge in [0.25, 0.3) is 11.8 Å². The molecule has 7 amide bonds. The van der Waals surface area contributed by atoms with Gasteiger partial charge in [-0.1, -0.05) is 26.2 Å². The van der Waals surface area contributed by atoms with Crippen LogP contribution >= 0.6 is 0 Å². The Labute approximate surface area is 201 Å². The third kappa shape index (κ3) is 9.64. The number of imide groups is 2. The number of carbonyl (C=O) groups is 5. The Hall–Kier alpha value is -2.73. The van der Waals surface area contributed by atoms with Gasteiger partial charge >= 0.3 is 12.1 Å². The lowest BCUT2D eigenvalue weighted by atomic mass is 10.1. The van der Waals surface area contributed by atoms with Crippen LogP contribution in [0, 0.1) is 0 Å². The largest absolute Gasteiger partial charge is 0.379 e. The van der Waals surface area contributed by atoms with Gasteiger partial charge in [-0.15, -0.1) is 0 Å². The van der Waals surface area contributed by atoms with Crippen LogP contribution in [0.4, 0.5) is 9.59 Å². The van der Waals surface area contributed by atoms with Crippen molar-refractivity contribution in [3.63, 3.8) is 0 Å². The molecule has 34 heavy (non-hydrogen) atoms. The van der Waals surface area contributed by atoms with Crippen molar-refractivity contribution >= 4 is 29.8 Å². The minimum absolute atomic E-state index is 0.163. The van der Waals surface area contributed by atoms with Crippen LogP contribution < -0.4 is 21.7 Å². The zero-order chi connectivity index (χ0) is 25.9. The molecule has 0 spiro atoms. The Morgan fingerprint density at radius 1 is 0.971 bits per heavy atom. The maximum Gasteiger partial charge on any atom is 0.326 e. The highest BCUT2D eigenvalue weighted by atomic mass is 16.5. The predicted octanol–water partition coefficient (Wildman–Crippen LogP) is 0.653. The van der Waals surface area contributed by atoms with E-state index in [1.54, 1.807) is 27.7 Å². The Bertz CT molecular complexity index is 748. The van der Waals surface area contributed by atoms with Crippen molar-refractivity contribution in [2.45, 2.75) is 77.8 Å². The van der Waals surface area contributed by atoms with Gasteiger partial charge in [0.1, 0.15) is 11.1 Å². The lowest BCUT2D eigenvalue weighted by molar-refractivity contribution is -0.132. The molecular formula is C22H40N6O6. The summed E-state index contributed by atoms with van der Waals surface area (Å²) in [6, 6.07) is -0.716. The van der Waals surface area contributed by atoms with E-state index >= 15 is 0 Å². The minimum atomic E-state index is -0.774. The molecule has 12 heteroatoms. The average Bonchev–Trinajstić information content (AvgIpc) is 3.10. The van der Waals surface area contributed by atoms with Crippen LogP contribution in [-0.2, 0) is 19.1 Å². The fourth-order valence-electron chi connectivity index (χ4n) is 3.25. The van der Waals surface area contributed by atoms with E-state index < -0.39 is 17.1 Å². The molecule has 0 saturated carbocycles. The molecular weight excluding hydrogens is 444 g/mol. The molecule has 0 aromatic carbocycles. The van der Waals surface area contributed by atoms with E-state index in [1.807, 2.05) is 4.90 Å². The lowest BCUT2D eigenvalue weighted by Crippen LogP contribution is -2.47. The first-order valence-electron chi connectivity index (χ1n) is 11.7. The highest BCUT2D eigenvalue weighted by molar-refractivity contribution is 6.07. The van der Waals surface area contributed by atoms with E-state index in [0.29, 0.717) is 26.3 Å². The molecule has 12 nitrogen and oxygen atoms in total. The second-order valence-corrected chi connectivity index (χ2v) is 9.47. The van der Waals surface area contributed by atoms with Gasteiger partial charge in [-0.25, -0.2) is 14.5 Å². The van der Waals surface area contributed by atoms with Crippen LogP contribution in [0.15, 0.2) is 0 Å². The Kier molecular flexibility index (Phi) is 11.4. The van der Waals surface area contributed by atoms with Crippen LogP contribution in [0.2, 0.25) is 0 Å². The van der Waals surface area contributed by atoms with Gasteiger partial charge in [0.2, 0.25) is 5.91 Å². The highest BCUT2D eigenvalue weighted by Crippen LogP contribution is 2.17. The fourth-order valence-corrected chi connectivity index (χ4v) is 3.25. The third-order valence-electron chi connectivity index (χ3n) is 5.39. The normalized spacial score (nSPS) is 20.9. The number of nitrogens with zero attached hydrogens (tertiary/aromatic N) is 2. The number of amides is 7. The fraction of sp³-hybridized carbons (Fsp3) is 0.773. The van der Waals surface area contributed by atoms with Crippen molar-refractivity contribution in [1.29, 1.82) is 0 Å². The lowest BCUT2D eigenvalue weighted by Gasteiger charge is -2.29. The van der Waals surface area contributed by atoms with E-state index in [4.69, 9.17) is 10.5 Å². The molecule has 0 aromatic rings. The first-order chi connectivity index (χ1) is 15.8. The summed E-state index contributed by atoms with van der Waals surface area (Å²) in [6.07, 6.45) is 5.08. The van der Waals surface area contributed by atoms with Crippen molar-refractivity contribution in [3.05, 3.63) is 0 Å². The molecule has 0 radical (unpaired) electrons. The quantitative estimate of drug-likeness (QED) is 0.304. The SMILES string of the molecule is CC1(C)NC(=O)N(CN2CCOCC2)C1=O.CC1(C)NC(=O)NC1=O.CCCCCCC(N)=O. The number of nitrogens with two attached hydrogens (primary N) is 1. The van der Waals surface area contributed by atoms with Crippen molar-refractivity contribution in [3.8, 4) is 0 Å². The van der Waals surface area contributed by atoms with Gasteiger partial charge in [0.05, 0.1) is 19.9 Å². The summed E-state index contributed by atoms with van der Waals surface area (Å²) in [4.78, 5) is 58.1. The molecule has 3 rings (SSSR count). The van der Waals surface area contributed by atoms with Gasteiger partial charge in [0.15, 0.2) is 0 Å². The number of urea groups is 2. The van der Waals surface area contributed by atoms with Crippen molar-refractivity contribution in [1.82, 2.24) is 25.8 Å². The standard InChI is InChI=1S/C10H17N3O3.C7H15NO.C5H8N2O2/c1-10(2)8(14)13(9(15)11-10)7-12-3-5-16-6-4-12;1-2-3-4-5-6-7(8)9;1-5(2)3(8)6-4(9)7-5/h3-7H2,1-2H3,(H,11,15);2-6H2,1H3,(H2,8,9);1-2H3,(H2,6,7,8,9). The van der Waals surface area contributed by atoms with E-state index in [0.717, 1.165) is 25.9 Å². The van der Waals surface area contributed by atoms with E-state index in [2.05, 4.69) is 22.9 Å². The molecule has 194 valence electrons. The van der Waals surface area contributed by atoms with Gasteiger partial charge in [0, 0.05) is 19.5 Å². The van der Waals surface area contributed by atoms with Crippen LogP contribution in [0.5, 0.6) is 0 Å². The number of nitrogens with one attached hydrogen (secondary N) is 3.